The van der Waals surface area contributed by atoms with Crippen LogP contribution in [0.25, 0.3) is 0 Å². The Balaban J connectivity index is 1.87. The van der Waals surface area contributed by atoms with Crippen molar-refractivity contribution in [2.75, 3.05) is 33.8 Å². The third-order valence-corrected chi connectivity index (χ3v) is 6.19. The second-order valence-corrected chi connectivity index (χ2v) is 9.54. The van der Waals surface area contributed by atoms with Crippen LogP contribution in [-0.4, -0.2) is 67.3 Å². The van der Waals surface area contributed by atoms with E-state index in [1.165, 1.54) is 4.90 Å². The van der Waals surface area contributed by atoms with E-state index in [2.05, 4.69) is 4.99 Å². The fourth-order valence-corrected chi connectivity index (χ4v) is 4.30. The van der Waals surface area contributed by atoms with Crippen molar-refractivity contribution in [2.24, 2.45) is 4.99 Å². The number of carbonyl (C=O) groups excluding carboxylic acids is 2. The molecule has 0 aromatic heterocycles. The summed E-state index contributed by atoms with van der Waals surface area (Å²) in [6.45, 7) is 0.843. The van der Waals surface area contributed by atoms with Crippen LogP contribution in [0.4, 0.5) is 31.1 Å². The largest absolute Gasteiger partial charge is 0.448 e. The van der Waals surface area contributed by atoms with Crippen molar-refractivity contribution in [3.05, 3.63) is 70.8 Å². The van der Waals surface area contributed by atoms with E-state index in [0.717, 1.165) is 5.56 Å². The number of piperidine rings is 1. The number of nitrogens with zero attached hydrogens (tertiary/aromatic N) is 3. The summed E-state index contributed by atoms with van der Waals surface area (Å²) in [7, 11) is 3.76. The van der Waals surface area contributed by atoms with Gasteiger partial charge in [0, 0.05) is 43.2 Å². The van der Waals surface area contributed by atoms with Gasteiger partial charge in [-0.2, -0.15) is 31.3 Å². The minimum Gasteiger partial charge on any atom is -0.448 e. The normalized spacial score (nSPS) is 17.5. The number of carbonyl (C=O) groups is 2. The molecule has 39 heavy (non-hydrogen) atoms. The van der Waals surface area contributed by atoms with Crippen molar-refractivity contribution in [3.63, 3.8) is 0 Å². The van der Waals surface area contributed by atoms with Gasteiger partial charge in [0.05, 0.1) is 17.7 Å². The molecule has 0 unspecified atom stereocenters. The molecule has 212 valence electrons. The van der Waals surface area contributed by atoms with Crippen molar-refractivity contribution in [3.8, 4) is 0 Å². The fraction of sp³-hybridized carbons (Fsp3) is 0.444. The van der Waals surface area contributed by atoms with E-state index in [1.54, 1.807) is 30.3 Å². The Labute approximate surface area is 222 Å². The smallest absolute Gasteiger partial charge is 0.433 e. The van der Waals surface area contributed by atoms with Gasteiger partial charge in [-0.15, -0.1) is 0 Å². The van der Waals surface area contributed by atoms with Crippen molar-refractivity contribution < 1.29 is 40.7 Å². The lowest BCUT2D eigenvalue weighted by Gasteiger charge is -2.37. The van der Waals surface area contributed by atoms with Crippen LogP contribution in [0.15, 0.2) is 53.5 Å². The van der Waals surface area contributed by atoms with Gasteiger partial charge in [0.15, 0.2) is 0 Å². The SMILES string of the molecule is CN(C)CCCOC(=O)N=C1CCN(C(=O)c2cc(C(F)(F)F)cc(C(F)(F)F)c2)[C@H](Cc2ccccc2)C1. The number of amides is 2. The average Bonchev–Trinajstić information content (AvgIpc) is 2.85. The van der Waals surface area contributed by atoms with Gasteiger partial charge in [-0.25, -0.2) is 4.79 Å². The molecule has 2 amide bonds. The Morgan fingerprint density at radius 3 is 2.18 bits per heavy atom. The van der Waals surface area contributed by atoms with Crippen molar-refractivity contribution in [1.82, 2.24) is 9.80 Å². The van der Waals surface area contributed by atoms with Crippen LogP contribution < -0.4 is 0 Å². The van der Waals surface area contributed by atoms with Crippen LogP contribution in [0.3, 0.4) is 0 Å². The molecule has 0 N–H and O–H groups in total. The average molecular weight is 558 g/mol. The number of ether oxygens (including phenoxy) is 1. The molecule has 0 spiro atoms. The Kier molecular flexibility index (Phi) is 9.76. The van der Waals surface area contributed by atoms with Crippen molar-refractivity contribution >= 4 is 17.7 Å². The molecule has 1 saturated heterocycles. The molecule has 2 aromatic carbocycles. The van der Waals surface area contributed by atoms with Crippen LogP contribution in [-0.2, 0) is 23.5 Å². The Hall–Kier alpha value is -3.41. The maximum absolute atomic E-state index is 13.4. The summed E-state index contributed by atoms with van der Waals surface area (Å²) in [4.78, 5) is 32.8. The quantitative estimate of drug-likeness (QED) is 0.305. The first-order valence-corrected chi connectivity index (χ1v) is 12.3. The number of rotatable bonds is 7. The zero-order valence-electron chi connectivity index (χ0n) is 21.5. The molecule has 0 radical (unpaired) electrons. The zero-order valence-corrected chi connectivity index (χ0v) is 21.5. The van der Waals surface area contributed by atoms with Gasteiger partial charge < -0.3 is 14.5 Å². The molecule has 2 aromatic rings. The van der Waals surface area contributed by atoms with E-state index in [-0.39, 0.29) is 38.5 Å². The molecule has 0 bridgehead atoms. The number of alkyl halides is 6. The Morgan fingerprint density at radius 2 is 1.62 bits per heavy atom. The van der Waals surface area contributed by atoms with Gasteiger partial charge in [-0.1, -0.05) is 30.3 Å². The van der Waals surface area contributed by atoms with Crippen LogP contribution in [0, 0.1) is 0 Å². The molecule has 12 heteroatoms. The molecular weight excluding hydrogens is 528 g/mol. The summed E-state index contributed by atoms with van der Waals surface area (Å²) in [6, 6.07) is 9.12. The Morgan fingerprint density at radius 1 is 1.00 bits per heavy atom. The van der Waals surface area contributed by atoms with E-state index in [1.807, 2.05) is 19.0 Å². The standard InChI is InChI=1S/C27H29F6N3O3/c1-35(2)10-6-12-39-25(38)34-22-9-11-36(23(17-22)13-18-7-4-3-5-8-18)24(37)19-14-20(26(28,29)30)16-21(15-19)27(31,32)33/h3-5,7-8,14-16,23H,6,9-13,17H2,1-2H3/t23-/m1/s1. The van der Waals surface area contributed by atoms with E-state index < -0.39 is 47.1 Å². The summed E-state index contributed by atoms with van der Waals surface area (Å²) in [6.07, 6.45) is -9.83. The molecule has 0 saturated carbocycles. The van der Waals surface area contributed by atoms with E-state index >= 15 is 0 Å². The number of hydrogen-bond acceptors (Lipinski definition) is 4. The summed E-state index contributed by atoms with van der Waals surface area (Å²) in [5, 5.41) is 0. The Bertz CT molecular complexity index is 1150. The minimum atomic E-state index is -5.08. The number of aliphatic imine (C=N–C) groups is 1. The van der Waals surface area contributed by atoms with Gasteiger partial charge in [0.2, 0.25) is 0 Å². The highest BCUT2D eigenvalue weighted by molar-refractivity contribution is 5.98. The first-order valence-electron chi connectivity index (χ1n) is 12.3. The monoisotopic (exact) mass is 557 g/mol. The van der Waals surface area contributed by atoms with Gasteiger partial charge >= 0.3 is 18.4 Å². The topological polar surface area (TPSA) is 62.2 Å². The van der Waals surface area contributed by atoms with Crippen molar-refractivity contribution in [2.45, 2.75) is 44.1 Å². The van der Waals surface area contributed by atoms with E-state index in [4.69, 9.17) is 4.74 Å². The number of benzene rings is 2. The molecule has 1 aliphatic rings. The van der Waals surface area contributed by atoms with Crippen LogP contribution in [0.1, 0.15) is 46.3 Å². The van der Waals surface area contributed by atoms with Gasteiger partial charge in [0.25, 0.3) is 5.91 Å². The minimum absolute atomic E-state index is 0.0106. The third-order valence-electron chi connectivity index (χ3n) is 6.19. The van der Waals surface area contributed by atoms with Crippen LogP contribution in [0.2, 0.25) is 0 Å². The highest BCUT2D eigenvalue weighted by atomic mass is 19.4. The second-order valence-electron chi connectivity index (χ2n) is 9.54. The molecule has 0 aliphatic carbocycles. The molecular formula is C27H29F6N3O3. The number of likely N-dealkylation sites (tertiary alicyclic amines) is 1. The van der Waals surface area contributed by atoms with Crippen LogP contribution >= 0.6 is 0 Å². The summed E-state index contributed by atoms with van der Waals surface area (Å²) >= 11 is 0. The highest BCUT2D eigenvalue weighted by Gasteiger charge is 2.39. The maximum Gasteiger partial charge on any atom is 0.433 e. The second kappa shape index (κ2) is 12.6. The van der Waals surface area contributed by atoms with E-state index in [0.29, 0.717) is 30.8 Å². The first kappa shape index (κ1) is 30.1. The molecule has 1 heterocycles. The fourth-order valence-electron chi connectivity index (χ4n) is 4.30. The lowest BCUT2D eigenvalue weighted by atomic mass is 9.93. The zero-order chi connectivity index (χ0) is 28.8. The van der Waals surface area contributed by atoms with Gasteiger partial charge in [-0.05, 0) is 50.7 Å². The lowest BCUT2D eigenvalue weighted by molar-refractivity contribution is -0.143. The highest BCUT2D eigenvalue weighted by Crippen LogP contribution is 2.37. The predicted molar refractivity (Wildman–Crippen MR) is 133 cm³/mol. The molecule has 6 nitrogen and oxygen atoms in total. The molecule has 1 atom stereocenters. The summed E-state index contributed by atoms with van der Waals surface area (Å²) < 4.78 is 85.4. The maximum atomic E-state index is 13.4. The van der Waals surface area contributed by atoms with Gasteiger partial charge in [0.1, 0.15) is 0 Å². The predicted octanol–water partition coefficient (Wildman–Crippen LogP) is 6.10. The first-order chi connectivity index (χ1) is 18.2. The third kappa shape index (κ3) is 8.81. The number of hydrogen-bond donors (Lipinski definition) is 0. The summed E-state index contributed by atoms with van der Waals surface area (Å²) in [5.41, 5.74) is -2.59. The molecule has 3 rings (SSSR count). The van der Waals surface area contributed by atoms with E-state index in [9.17, 15) is 35.9 Å². The van der Waals surface area contributed by atoms with Crippen molar-refractivity contribution in [1.29, 1.82) is 0 Å². The summed E-state index contributed by atoms with van der Waals surface area (Å²) in [5.74, 6) is -0.960. The lowest BCUT2D eigenvalue weighted by Crippen LogP contribution is -2.47. The van der Waals surface area contributed by atoms with Crippen LogP contribution in [0.5, 0.6) is 0 Å². The van der Waals surface area contributed by atoms with Gasteiger partial charge in [-0.3, -0.25) is 4.79 Å². The molecule has 1 aliphatic heterocycles. The number of halogens is 6. The molecule has 1 fully saturated rings.